The topological polar surface area (TPSA) is 263 Å². The summed E-state index contributed by atoms with van der Waals surface area (Å²) >= 11 is 0. The van der Waals surface area contributed by atoms with Crippen LogP contribution in [0.4, 0.5) is 16.2 Å². The number of amidine groups is 1. The van der Waals surface area contributed by atoms with Gasteiger partial charge in [0.1, 0.15) is 11.9 Å². The monoisotopic (exact) mass is 852 g/mol. The maximum absolute atomic E-state index is 14.0. The Morgan fingerprint density at radius 2 is 1.79 bits per heavy atom. The number of imide groups is 1. The number of unbranched alkanes of at least 4 members (excludes halogenated alkanes) is 2. The molecule has 1 saturated carbocycles. The zero-order chi connectivity index (χ0) is 44.4. The highest BCUT2D eigenvalue weighted by Crippen LogP contribution is 2.50. The Kier molecular flexibility index (Phi) is 14.9. The molecule has 4 heterocycles. The molecule has 1 atom stereocenters. The number of aromatic nitrogens is 1. The number of carbonyl (C=O) groups excluding carboxylic acids is 7. The Bertz CT molecular complexity index is 2160. The smallest absolute Gasteiger partial charge is 0.312 e. The number of fused-ring (bicyclic) bond motifs is 2. The van der Waals surface area contributed by atoms with Crippen LogP contribution in [0.25, 0.3) is 6.08 Å². The number of hydrogen-bond acceptors (Lipinski definition) is 11. The first-order valence-corrected chi connectivity index (χ1v) is 21.3. The number of benzene rings is 1. The van der Waals surface area contributed by atoms with Crippen molar-refractivity contribution in [2.24, 2.45) is 16.5 Å². The average molecular weight is 853 g/mol. The lowest BCUT2D eigenvalue weighted by Crippen LogP contribution is -2.50. The molecular weight excluding hydrogens is 797 g/mol. The van der Waals surface area contributed by atoms with Gasteiger partial charge in [-0.1, -0.05) is 25.5 Å². The second-order valence-electron chi connectivity index (χ2n) is 16.1. The van der Waals surface area contributed by atoms with E-state index in [0.29, 0.717) is 80.5 Å². The van der Waals surface area contributed by atoms with Gasteiger partial charge in [0.15, 0.2) is 0 Å². The van der Waals surface area contributed by atoms with Gasteiger partial charge in [-0.3, -0.25) is 38.7 Å². The van der Waals surface area contributed by atoms with Crippen molar-refractivity contribution in [1.82, 2.24) is 30.3 Å². The normalized spacial score (nSPS) is 16.6. The summed E-state index contributed by atoms with van der Waals surface area (Å²) in [5.74, 6) is -1.42. The number of pyridine rings is 1. The fourth-order valence-electron chi connectivity index (χ4n) is 8.09. The van der Waals surface area contributed by atoms with Crippen LogP contribution in [-0.4, -0.2) is 117 Å². The predicted molar refractivity (Wildman–Crippen MR) is 230 cm³/mol. The molecular formula is C44H56N10O8. The molecule has 0 spiro atoms. The van der Waals surface area contributed by atoms with Gasteiger partial charge >= 0.3 is 6.03 Å². The van der Waals surface area contributed by atoms with Gasteiger partial charge in [-0.2, -0.15) is 0 Å². The van der Waals surface area contributed by atoms with Crippen LogP contribution < -0.4 is 27.4 Å². The summed E-state index contributed by atoms with van der Waals surface area (Å²) in [6.07, 6.45) is 10.9. The van der Waals surface area contributed by atoms with Crippen molar-refractivity contribution < 1.29 is 38.7 Å². The van der Waals surface area contributed by atoms with Crippen LogP contribution in [0.15, 0.2) is 53.2 Å². The minimum absolute atomic E-state index is 0.146. The minimum Gasteiger partial charge on any atom is -0.395 e. The maximum Gasteiger partial charge on any atom is 0.312 e. The summed E-state index contributed by atoms with van der Waals surface area (Å²) in [4.78, 5) is 103. The van der Waals surface area contributed by atoms with E-state index < -0.39 is 17.5 Å². The lowest BCUT2D eigenvalue weighted by Gasteiger charge is -2.32. The van der Waals surface area contributed by atoms with Crippen LogP contribution in [0.1, 0.15) is 93.5 Å². The predicted octanol–water partition coefficient (Wildman–Crippen LogP) is 2.06. The zero-order valence-corrected chi connectivity index (χ0v) is 35.1. The van der Waals surface area contributed by atoms with E-state index in [2.05, 4.69) is 25.9 Å². The molecule has 8 amide bonds. The third kappa shape index (κ3) is 11.1. The number of aliphatic imine (C=N–C) groups is 1. The number of aliphatic hydroxyl groups is 1. The van der Waals surface area contributed by atoms with E-state index in [1.807, 2.05) is 31.2 Å². The Balaban J connectivity index is 1.08. The summed E-state index contributed by atoms with van der Waals surface area (Å²) in [6.45, 7) is 3.63. The molecule has 0 bridgehead atoms. The fraction of sp³-hybridized carbons (Fsp3) is 0.477. The molecule has 1 aromatic carbocycles. The van der Waals surface area contributed by atoms with E-state index in [-0.39, 0.29) is 93.3 Å². The standard InChI is InChI=1S/C44H56N10O8/c1-2-17-52(20-21-55)40(59)29-22-28-9-10-31(25-35(28)50-36(45)24-29)44(14-15-44)42(61)49-32-23-30-27-53(19-13-33(30)48-26-32)41(60)34(7-6-16-47-43(46)62)51-37(56)8-4-3-5-18-54-38(57)11-12-39(54)58/h9-12,22-23,25-26,34,55H,2-8,13-21,24,27H2,1H3,(H2,45,50)(H,49,61)(H,51,56)(H3,46,47,62)/t34-/m0/s1. The number of nitrogens with one attached hydrogen (secondary N) is 3. The van der Waals surface area contributed by atoms with Crippen molar-refractivity contribution in [3.8, 4) is 0 Å². The molecule has 8 N–H and O–H groups in total. The number of anilines is 1. The maximum atomic E-state index is 14.0. The first kappa shape index (κ1) is 45.1. The van der Waals surface area contributed by atoms with E-state index in [9.17, 15) is 38.7 Å². The van der Waals surface area contributed by atoms with Gasteiger partial charge in [0.2, 0.25) is 23.6 Å². The van der Waals surface area contributed by atoms with Gasteiger partial charge in [-0.25, -0.2) is 9.79 Å². The van der Waals surface area contributed by atoms with Crippen molar-refractivity contribution in [3.05, 3.63) is 70.6 Å². The van der Waals surface area contributed by atoms with Crippen molar-refractivity contribution in [1.29, 1.82) is 0 Å². The molecule has 4 aliphatic rings. The SMILES string of the molecule is CCCN(CCO)C(=O)C1=Cc2ccc(C3(C(=O)Nc4cnc5c(c4)CN(C(=O)[C@H](CCCNC(N)=O)NC(=O)CCCCCN4C(=O)C=CC4=O)CC5)CC3)cc2N=C(N)C1. The van der Waals surface area contributed by atoms with E-state index in [4.69, 9.17) is 11.5 Å². The van der Waals surface area contributed by atoms with Gasteiger partial charge in [-0.15, -0.1) is 0 Å². The molecule has 1 aromatic heterocycles. The van der Waals surface area contributed by atoms with Crippen molar-refractivity contribution in [2.75, 3.05) is 44.6 Å². The summed E-state index contributed by atoms with van der Waals surface area (Å²) in [5.41, 5.74) is 15.3. The van der Waals surface area contributed by atoms with Gasteiger partial charge in [-0.05, 0) is 74.3 Å². The quantitative estimate of drug-likeness (QED) is 0.0835. The van der Waals surface area contributed by atoms with Gasteiger partial charge in [0.25, 0.3) is 11.8 Å². The second kappa shape index (κ2) is 20.4. The lowest BCUT2D eigenvalue weighted by molar-refractivity contribution is -0.137. The molecule has 62 heavy (non-hydrogen) atoms. The molecule has 1 aliphatic carbocycles. The minimum atomic E-state index is -0.861. The number of nitrogens with zero attached hydrogens (tertiary/aromatic N) is 5. The van der Waals surface area contributed by atoms with Crippen LogP contribution in [0.3, 0.4) is 0 Å². The van der Waals surface area contributed by atoms with Crippen LogP contribution in [0.2, 0.25) is 0 Å². The van der Waals surface area contributed by atoms with Crippen LogP contribution >= 0.6 is 0 Å². The summed E-state index contributed by atoms with van der Waals surface area (Å²) in [6, 6.07) is 5.86. The largest absolute Gasteiger partial charge is 0.395 e. The molecule has 6 rings (SSSR count). The average Bonchev–Trinajstić information content (AvgIpc) is 4.03. The van der Waals surface area contributed by atoms with Crippen LogP contribution in [-0.2, 0) is 47.1 Å². The number of hydrogen-bond donors (Lipinski definition) is 6. The van der Waals surface area contributed by atoms with E-state index in [1.54, 1.807) is 22.1 Å². The van der Waals surface area contributed by atoms with E-state index in [1.165, 1.54) is 12.2 Å². The molecule has 0 unspecified atom stereocenters. The Morgan fingerprint density at radius 1 is 1.02 bits per heavy atom. The first-order chi connectivity index (χ1) is 29.8. The molecule has 1 fully saturated rings. The molecule has 0 saturated heterocycles. The Morgan fingerprint density at radius 3 is 2.50 bits per heavy atom. The molecule has 0 radical (unpaired) electrons. The zero-order valence-electron chi connectivity index (χ0n) is 35.1. The Hall–Kier alpha value is -6.43. The lowest BCUT2D eigenvalue weighted by atomic mass is 9.92. The molecule has 18 heteroatoms. The Labute approximate surface area is 360 Å². The highest BCUT2D eigenvalue weighted by molar-refractivity contribution is 6.13. The number of amides is 8. The summed E-state index contributed by atoms with van der Waals surface area (Å²) in [5, 5.41) is 17.9. The molecule has 3 aliphatic heterocycles. The highest BCUT2D eigenvalue weighted by atomic mass is 16.3. The number of rotatable bonds is 20. The third-order valence-corrected chi connectivity index (χ3v) is 11.6. The first-order valence-electron chi connectivity index (χ1n) is 21.3. The number of carbonyl (C=O) groups is 7. The number of nitrogens with two attached hydrogens (primary N) is 2. The van der Waals surface area contributed by atoms with Crippen molar-refractivity contribution >= 4 is 64.8 Å². The van der Waals surface area contributed by atoms with E-state index >= 15 is 0 Å². The summed E-state index contributed by atoms with van der Waals surface area (Å²) in [7, 11) is 0. The van der Waals surface area contributed by atoms with E-state index in [0.717, 1.165) is 28.1 Å². The number of urea groups is 1. The molecule has 18 nitrogen and oxygen atoms in total. The highest BCUT2D eigenvalue weighted by Gasteiger charge is 2.51. The van der Waals surface area contributed by atoms with Gasteiger partial charge in [0.05, 0.1) is 29.6 Å². The third-order valence-electron chi connectivity index (χ3n) is 11.6. The fourth-order valence-corrected chi connectivity index (χ4v) is 8.09. The number of primary amides is 1. The molecule has 330 valence electrons. The van der Waals surface area contributed by atoms with Crippen molar-refractivity contribution in [3.63, 3.8) is 0 Å². The van der Waals surface area contributed by atoms with Crippen LogP contribution in [0, 0.1) is 0 Å². The van der Waals surface area contributed by atoms with Crippen molar-refractivity contribution in [2.45, 2.75) is 95.6 Å². The van der Waals surface area contributed by atoms with Gasteiger partial charge in [0, 0.05) is 87.5 Å². The van der Waals surface area contributed by atoms with Crippen LogP contribution in [0.5, 0.6) is 0 Å². The molecule has 2 aromatic rings. The second-order valence-corrected chi connectivity index (χ2v) is 16.1. The van der Waals surface area contributed by atoms with Gasteiger partial charge < -0.3 is 42.3 Å². The summed E-state index contributed by atoms with van der Waals surface area (Å²) < 4.78 is 0. The number of aliphatic hydroxyl groups excluding tert-OH is 1.